The number of Topliss-reactive ketones (excluding diaryl/α,β-unsaturated/α-hetero) is 1. The number of hydrogen-bond acceptors (Lipinski definition) is 6. The molecular formula is C20H23NO6. The molecule has 1 amide bonds. The van der Waals surface area contributed by atoms with Crippen LogP contribution in [0.5, 0.6) is 11.5 Å². The van der Waals surface area contributed by atoms with Gasteiger partial charge in [-0.3, -0.25) is 14.4 Å². The molecule has 3 aliphatic rings. The van der Waals surface area contributed by atoms with E-state index in [-0.39, 0.29) is 24.5 Å². The fourth-order valence-corrected chi connectivity index (χ4v) is 5.41. The van der Waals surface area contributed by atoms with Gasteiger partial charge in [0.1, 0.15) is 11.2 Å². The van der Waals surface area contributed by atoms with Crippen LogP contribution in [-0.4, -0.2) is 50.4 Å². The number of carbonyl (C=O) groups is 3. The van der Waals surface area contributed by atoms with Crippen LogP contribution in [0, 0.1) is 5.41 Å². The minimum atomic E-state index is -1.19. The van der Waals surface area contributed by atoms with Gasteiger partial charge in [0, 0.05) is 25.8 Å². The van der Waals surface area contributed by atoms with Gasteiger partial charge in [-0.25, -0.2) is 0 Å². The van der Waals surface area contributed by atoms with Gasteiger partial charge in [-0.05, 0) is 36.1 Å². The fourth-order valence-electron chi connectivity index (χ4n) is 5.41. The van der Waals surface area contributed by atoms with E-state index in [9.17, 15) is 14.4 Å². The summed E-state index contributed by atoms with van der Waals surface area (Å²) in [6.45, 7) is 0.508. The summed E-state index contributed by atoms with van der Waals surface area (Å²) < 4.78 is 16.0. The highest BCUT2D eigenvalue weighted by Crippen LogP contribution is 2.63. The maximum atomic E-state index is 13.0. The lowest BCUT2D eigenvalue weighted by Crippen LogP contribution is -2.60. The zero-order valence-electron chi connectivity index (χ0n) is 15.8. The number of ether oxygens (including phenoxy) is 3. The highest BCUT2D eigenvalue weighted by molar-refractivity contribution is 5.98. The number of amides is 1. The summed E-state index contributed by atoms with van der Waals surface area (Å²) in [5.41, 5.74) is -0.183. The molecule has 27 heavy (non-hydrogen) atoms. The maximum absolute atomic E-state index is 13.0. The number of carbonyl (C=O) groups excluding carboxylic acids is 3. The van der Waals surface area contributed by atoms with Gasteiger partial charge in [-0.2, -0.15) is 0 Å². The van der Waals surface area contributed by atoms with Crippen molar-refractivity contribution in [2.24, 2.45) is 5.41 Å². The first-order valence-electron chi connectivity index (χ1n) is 9.09. The molecule has 144 valence electrons. The van der Waals surface area contributed by atoms with Crippen LogP contribution in [0.2, 0.25) is 0 Å². The van der Waals surface area contributed by atoms with Crippen molar-refractivity contribution in [3.8, 4) is 11.5 Å². The smallest absolute Gasteiger partial charge is 0.315 e. The third kappa shape index (κ3) is 2.11. The van der Waals surface area contributed by atoms with Crippen LogP contribution in [0.4, 0.5) is 0 Å². The molecule has 1 aromatic rings. The van der Waals surface area contributed by atoms with Gasteiger partial charge in [0.2, 0.25) is 5.91 Å². The third-order valence-electron chi connectivity index (χ3n) is 6.51. The van der Waals surface area contributed by atoms with Gasteiger partial charge < -0.3 is 19.1 Å². The van der Waals surface area contributed by atoms with Crippen LogP contribution < -0.4 is 9.47 Å². The molecule has 4 rings (SSSR count). The molecule has 0 radical (unpaired) electrons. The summed E-state index contributed by atoms with van der Waals surface area (Å²) in [4.78, 5) is 40.1. The molecule has 2 heterocycles. The van der Waals surface area contributed by atoms with Crippen molar-refractivity contribution < 1.29 is 28.6 Å². The second kappa shape index (κ2) is 5.97. The minimum Gasteiger partial charge on any atom is -0.493 e. The van der Waals surface area contributed by atoms with Gasteiger partial charge in [0.05, 0.1) is 26.9 Å². The lowest BCUT2D eigenvalue weighted by atomic mass is 9.56. The van der Waals surface area contributed by atoms with Gasteiger partial charge in [0.15, 0.2) is 11.5 Å². The summed E-state index contributed by atoms with van der Waals surface area (Å²) in [6.07, 6.45) is 1.43. The van der Waals surface area contributed by atoms with Crippen LogP contribution in [-0.2, 0) is 31.1 Å². The van der Waals surface area contributed by atoms with Gasteiger partial charge in [-0.1, -0.05) is 0 Å². The van der Waals surface area contributed by atoms with Crippen LogP contribution in [0.15, 0.2) is 12.1 Å². The molecule has 0 N–H and O–H groups in total. The zero-order valence-corrected chi connectivity index (χ0v) is 15.8. The number of fused-ring (bicyclic) bond motifs is 1. The van der Waals surface area contributed by atoms with E-state index in [4.69, 9.17) is 14.2 Å². The van der Waals surface area contributed by atoms with E-state index in [0.29, 0.717) is 37.3 Å². The summed E-state index contributed by atoms with van der Waals surface area (Å²) in [5, 5.41) is 0. The standard InChI is InChI=1S/C20H23NO6/c1-25-15-8-12-5-7-21-17(23)11-19(18(24)27-3)10-13(22)4-6-20(19,21)14(12)9-16(15)26-2/h8-9H,4-7,10-11H2,1-3H3. The molecule has 7 nitrogen and oxygen atoms in total. The first-order chi connectivity index (χ1) is 12.9. The first-order valence-corrected chi connectivity index (χ1v) is 9.09. The third-order valence-corrected chi connectivity index (χ3v) is 6.51. The highest BCUT2D eigenvalue weighted by Gasteiger charge is 2.71. The number of hydrogen-bond donors (Lipinski definition) is 0. The molecule has 2 fully saturated rings. The van der Waals surface area contributed by atoms with E-state index in [2.05, 4.69) is 0 Å². The number of esters is 1. The van der Waals surface area contributed by atoms with Crippen molar-refractivity contribution in [2.75, 3.05) is 27.9 Å². The first kappa shape index (κ1) is 17.8. The van der Waals surface area contributed by atoms with Gasteiger partial charge in [-0.15, -0.1) is 0 Å². The van der Waals surface area contributed by atoms with Crippen LogP contribution >= 0.6 is 0 Å². The molecule has 1 saturated heterocycles. The summed E-state index contributed by atoms with van der Waals surface area (Å²) in [6, 6.07) is 3.79. The molecule has 0 aromatic heterocycles. The molecule has 2 aliphatic heterocycles. The average Bonchev–Trinajstić information content (AvgIpc) is 2.95. The number of methoxy groups -OCH3 is 3. The Bertz CT molecular complexity index is 849. The Hall–Kier alpha value is -2.57. The van der Waals surface area contributed by atoms with Gasteiger partial charge >= 0.3 is 5.97 Å². The molecule has 1 aromatic carbocycles. The molecule has 0 bridgehead atoms. The second-order valence-electron chi connectivity index (χ2n) is 7.49. The quantitative estimate of drug-likeness (QED) is 0.749. The van der Waals surface area contributed by atoms with Crippen molar-refractivity contribution in [1.29, 1.82) is 0 Å². The van der Waals surface area contributed by atoms with E-state index in [1.807, 2.05) is 12.1 Å². The number of benzene rings is 1. The largest absolute Gasteiger partial charge is 0.493 e. The minimum absolute atomic E-state index is 0.000796. The summed E-state index contributed by atoms with van der Waals surface area (Å²) in [7, 11) is 4.45. The number of ketones is 1. The van der Waals surface area contributed by atoms with E-state index >= 15 is 0 Å². The molecule has 1 aliphatic carbocycles. The molecule has 2 atom stereocenters. The van der Waals surface area contributed by atoms with E-state index < -0.39 is 16.9 Å². The van der Waals surface area contributed by atoms with Crippen molar-refractivity contribution in [1.82, 2.24) is 4.90 Å². The van der Waals surface area contributed by atoms with Crippen molar-refractivity contribution in [3.63, 3.8) is 0 Å². The molecule has 7 heteroatoms. The second-order valence-corrected chi connectivity index (χ2v) is 7.49. The highest BCUT2D eigenvalue weighted by atomic mass is 16.5. The Labute approximate surface area is 157 Å². The molecule has 1 saturated carbocycles. The van der Waals surface area contributed by atoms with Crippen molar-refractivity contribution >= 4 is 17.7 Å². The van der Waals surface area contributed by atoms with Crippen LogP contribution in [0.25, 0.3) is 0 Å². The normalized spacial score (nSPS) is 28.9. The Balaban J connectivity index is 2.01. The predicted octanol–water partition coefficient (Wildman–Crippen LogP) is 1.60. The monoisotopic (exact) mass is 373 g/mol. The van der Waals surface area contributed by atoms with E-state index in [1.54, 1.807) is 19.1 Å². The Morgan fingerprint density at radius 2 is 1.74 bits per heavy atom. The van der Waals surface area contributed by atoms with Crippen molar-refractivity contribution in [3.05, 3.63) is 23.3 Å². The number of nitrogens with zero attached hydrogens (tertiary/aromatic N) is 1. The Kier molecular flexibility index (Phi) is 3.94. The summed E-state index contributed by atoms with van der Waals surface area (Å²) >= 11 is 0. The molecule has 2 unspecified atom stereocenters. The zero-order chi connectivity index (χ0) is 19.4. The van der Waals surface area contributed by atoms with Crippen LogP contribution in [0.3, 0.4) is 0 Å². The maximum Gasteiger partial charge on any atom is 0.315 e. The predicted molar refractivity (Wildman–Crippen MR) is 94.6 cm³/mol. The lowest BCUT2D eigenvalue weighted by Gasteiger charge is -2.53. The fraction of sp³-hybridized carbons (Fsp3) is 0.550. The van der Waals surface area contributed by atoms with Crippen LogP contribution in [0.1, 0.15) is 36.8 Å². The van der Waals surface area contributed by atoms with E-state index in [1.165, 1.54) is 7.11 Å². The molecular weight excluding hydrogens is 350 g/mol. The SMILES string of the molecule is COC(=O)C12CC(=O)CCC13c1cc(OC)c(OC)cc1CCN3C(=O)C2. The number of rotatable bonds is 3. The van der Waals surface area contributed by atoms with E-state index in [0.717, 1.165) is 11.1 Å². The topological polar surface area (TPSA) is 82.1 Å². The average molecular weight is 373 g/mol. The Morgan fingerprint density at radius 1 is 1.04 bits per heavy atom. The molecule has 1 spiro atoms. The van der Waals surface area contributed by atoms with Gasteiger partial charge in [0.25, 0.3) is 0 Å². The Morgan fingerprint density at radius 3 is 2.41 bits per heavy atom. The summed E-state index contributed by atoms with van der Waals surface area (Å²) in [5.74, 6) is 0.557. The van der Waals surface area contributed by atoms with Crippen molar-refractivity contribution in [2.45, 2.75) is 37.6 Å². The lowest BCUT2D eigenvalue weighted by molar-refractivity contribution is -0.167.